The van der Waals surface area contributed by atoms with Crippen molar-refractivity contribution in [2.45, 2.75) is 40.0 Å². The molecular weight excluding hydrogens is 270 g/mol. The number of amides is 1. The number of rotatable bonds is 6. The SMILES string of the molecule is CCc1ccccc1NC(=O)Cc1ccc(CC(C)C)cc1. The number of aryl methyl sites for hydroxylation is 1. The summed E-state index contributed by atoms with van der Waals surface area (Å²) >= 11 is 0. The van der Waals surface area contributed by atoms with E-state index in [2.05, 4.69) is 56.4 Å². The number of para-hydroxylation sites is 1. The van der Waals surface area contributed by atoms with E-state index in [0.29, 0.717) is 12.3 Å². The van der Waals surface area contributed by atoms with Gasteiger partial charge in [-0.05, 0) is 41.5 Å². The predicted molar refractivity (Wildman–Crippen MR) is 93.1 cm³/mol. The van der Waals surface area contributed by atoms with Crippen LogP contribution in [0.15, 0.2) is 48.5 Å². The van der Waals surface area contributed by atoms with Crippen LogP contribution in [0.3, 0.4) is 0 Å². The molecule has 0 aliphatic carbocycles. The minimum Gasteiger partial charge on any atom is -0.326 e. The molecule has 2 aromatic rings. The Morgan fingerprint density at radius 3 is 2.27 bits per heavy atom. The highest BCUT2D eigenvalue weighted by molar-refractivity contribution is 5.93. The molecule has 0 heterocycles. The fourth-order valence-corrected chi connectivity index (χ4v) is 2.59. The van der Waals surface area contributed by atoms with Crippen molar-refractivity contribution < 1.29 is 4.79 Å². The standard InChI is InChI=1S/C20H25NO/c1-4-18-7-5-6-8-19(18)21-20(22)14-17-11-9-16(10-12-17)13-15(2)3/h5-12,15H,4,13-14H2,1-3H3,(H,21,22). The third kappa shape index (κ3) is 4.73. The quantitative estimate of drug-likeness (QED) is 0.827. The van der Waals surface area contributed by atoms with Crippen LogP contribution in [-0.4, -0.2) is 5.91 Å². The summed E-state index contributed by atoms with van der Waals surface area (Å²) < 4.78 is 0. The average molecular weight is 295 g/mol. The molecule has 2 rings (SSSR count). The van der Waals surface area contributed by atoms with Crippen LogP contribution in [0.2, 0.25) is 0 Å². The lowest BCUT2D eigenvalue weighted by Gasteiger charge is -2.10. The monoisotopic (exact) mass is 295 g/mol. The zero-order valence-corrected chi connectivity index (χ0v) is 13.7. The highest BCUT2D eigenvalue weighted by Gasteiger charge is 2.07. The van der Waals surface area contributed by atoms with Crippen LogP contribution >= 0.6 is 0 Å². The van der Waals surface area contributed by atoms with Gasteiger partial charge in [0, 0.05) is 5.69 Å². The van der Waals surface area contributed by atoms with Crippen LogP contribution < -0.4 is 5.32 Å². The van der Waals surface area contributed by atoms with Crippen molar-refractivity contribution >= 4 is 11.6 Å². The lowest BCUT2D eigenvalue weighted by Crippen LogP contribution is -2.15. The molecule has 0 unspecified atom stereocenters. The molecule has 2 nitrogen and oxygen atoms in total. The highest BCUT2D eigenvalue weighted by Crippen LogP contribution is 2.16. The van der Waals surface area contributed by atoms with E-state index >= 15 is 0 Å². The summed E-state index contributed by atoms with van der Waals surface area (Å²) in [6, 6.07) is 16.3. The largest absolute Gasteiger partial charge is 0.326 e. The Morgan fingerprint density at radius 1 is 1.00 bits per heavy atom. The third-order valence-corrected chi connectivity index (χ3v) is 3.70. The zero-order valence-electron chi connectivity index (χ0n) is 13.7. The van der Waals surface area contributed by atoms with Crippen molar-refractivity contribution in [3.8, 4) is 0 Å². The number of hydrogen-bond acceptors (Lipinski definition) is 1. The van der Waals surface area contributed by atoms with Crippen LogP contribution in [-0.2, 0) is 24.1 Å². The fraction of sp³-hybridized carbons (Fsp3) is 0.350. The lowest BCUT2D eigenvalue weighted by atomic mass is 10.0. The molecule has 0 bridgehead atoms. The number of carbonyl (C=O) groups is 1. The summed E-state index contributed by atoms with van der Waals surface area (Å²) in [6.45, 7) is 6.53. The van der Waals surface area contributed by atoms with Crippen molar-refractivity contribution in [2.75, 3.05) is 5.32 Å². The van der Waals surface area contributed by atoms with Gasteiger partial charge in [0.25, 0.3) is 0 Å². The van der Waals surface area contributed by atoms with Gasteiger partial charge in [-0.1, -0.05) is 63.2 Å². The van der Waals surface area contributed by atoms with Crippen LogP contribution in [0, 0.1) is 5.92 Å². The molecule has 22 heavy (non-hydrogen) atoms. The predicted octanol–water partition coefficient (Wildman–Crippen LogP) is 4.63. The van der Waals surface area contributed by atoms with Crippen molar-refractivity contribution in [2.24, 2.45) is 5.92 Å². The molecule has 1 N–H and O–H groups in total. The third-order valence-electron chi connectivity index (χ3n) is 3.70. The van der Waals surface area contributed by atoms with Gasteiger partial charge in [0.05, 0.1) is 6.42 Å². The van der Waals surface area contributed by atoms with Crippen molar-refractivity contribution in [1.82, 2.24) is 0 Å². The lowest BCUT2D eigenvalue weighted by molar-refractivity contribution is -0.115. The van der Waals surface area contributed by atoms with Crippen LogP contribution in [0.1, 0.15) is 37.5 Å². The number of benzene rings is 2. The van der Waals surface area contributed by atoms with Gasteiger partial charge in [-0.2, -0.15) is 0 Å². The Labute approximate surface area is 133 Å². The molecule has 0 aromatic heterocycles. The van der Waals surface area contributed by atoms with E-state index < -0.39 is 0 Å². The molecule has 116 valence electrons. The summed E-state index contributed by atoms with van der Waals surface area (Å²) in [5.74, 6) is 0.692. The maximum Gasteiger partial charge on any atom is 0.228 e. The van der Waals surface area contributed by atoms with E-state index in [1.54, 1.807) is 0 Å². The highest BCUT2D eigenvalue weighted by atomic mass is 16.1. The molecule has 1 amide bonds. The van der Waals surface area contributed by atoms with E-state index in [1.807, 2.05) is 18.2 Å². The van der Waals surface area contributed by atoms with E-state index in [1.165, 1.54) is 11.1 Å². The van der Waals surface area contributed by atoms with Gasteiger partial charge in [-0.25, -0.2) is 0 Å². The minimum atomic E-state index is 0.0394. The van der Waals surface area contributed by atoms with E-state index in [-0.39, 0.29) is 5.91 Å². The molecule has 0 saturated carbocycles. The molecule has 0 radical (unpaired) electrons. The topological polar surface area (TPSA) is 29.1 Å². The van der Waals surface area contributed by atoms with Crippen LogP contribution in [0.4, 0.5) is 5.69 Å². The number of anilines is 1. The number of carbonyl (C=O) groups excluding carboxylic acids is 1. The van der Waals surface area contributed by atoms with Gasteiger partial charge < -0.3 is 5.32 Å². The van der Waals surface area contributed by atoms with Gasteiger partial charge in [0.1, 0.15) is 0 Å². The smallest absolute Gasteiger partial charge is 0.228 e. The maximum absolute atomic E-state index is 12.2. The normalized spacial score (nSPS) is 10.7. The maximum atomic E-state index is 12.2. The Kier molecular flexibility index (Phi) is 5.76. The van der Waals surface area contributed by atoms with Crippen molar-refractivity contribution in [3.63, 3.8) is 0 Å². The molecule has 2 heteroatoms. The van der Waals surface area contributed by atoms with Gasteiger partial charge in [-0.3, -0.25) is 4.79 Å². The zero-order chi connectivity index (χ0) is 15.9. The number of nitrogens with one attached hydrogen (secondary N) is 1. The average Bonchev–Trinajstić information content (AvgIpc) is 2.49. The summed E-state index contributed by atoms with van der Waals surface area (Å²) in [7, 11) is 0. The summed E-state index contributed by atoms with van der Waals surface area (Å²) in [5, 5.41) is 3.02. The Morgan fingerprint density at radius 2 is 1.64 bits per heavy atom. The molecule has 0 spiro atoms. The molecular formula is C20H25NO. The number of hydrogen-bond donors (Lipinski definition) is 1. The van der Waals surface area contributed by atoms with E-state index in [4.69, 9.17) is 0 Å². The second kappa shape index (κ2) is 7.79. The van der Waals surface area contributed by atoms with Gasteiger partial charge in [0.2, 0.25) is 5.91 Å². The molecule has 0 saturated heterocycles. The van der Waals surface area contributed by atoms with Crippen molar-refractivity contribution in [1.29, 1.82) is 0 Å². The Hall–Kier alpha value is -2.09. The van der Waals surface area contributed by atoms with Gasteiger partial charge >= 0.3 is 0 Å². The van der Waals surface area contributed by atoms with E-state index in [0.717, 1.165) is 24.1 Å². The second-order valence-corrected chi connectivity index (χ2v) is 6.15. The second-order valence-electron chi connectivity index (χ2n) is 6.15. The first-order valence-electron chi connectivity index (χ1n) is 8.04. The van der Waals surface area contributed by atoms with Crippen LogP contribution in [0.25, 0.3) is 0 Å². The first-order chi connectivity index (χ1) is 10.6. The van der Waals surface area contributed by atoms with Crippen molar-refractivity contribution in [3.05, 3.63) is 65.2 Å². The molecule has 0 atom stereocenters. The summed E-state index contributed by atoms with van der Waals surface area (Å²) in [5.41, 5.74) is 4.48. The first kappa shape index (κ1) is 16.3. The van der Waals surface area contributed by atoms with E-state index in [9.17, 15) is 4.79 Å². The Balaban J connectivity index is 1.97. The molecule has 0 aliphatic heterocycles. The molecule has 0 aliphatic rings. The van der Waals surface area contributed by atoms with Gasteiger partial charge in [-0.15, -0.1) is 0 Å². The molecule has 2 aromatic carbocycles. The minimum absolute atomic E-state index is 0.0394. The summed E-state index contributed by atoms with van der Waals surface area (Å²) in [6.07, 6.45) is 2.41. The first-order valence-corrected chi connectivity index (χ1v) is 8.04. The van der Waals surface area contributed by atoms with Gasteiger partial charge in [0.15, 0.2) is 0 Å². The Bertz CT molecular complexity index is 614. The summed E-state index contributed by atoms with van der Waals surface area (Å²) in [4.78, 5) is 12.2. The fourth-order valence-electron chi connectivity index (χ4n) is 2.59. The van der Waals surface area contributed by atoms with Crippen LogP contribution in [0.5, 0.6) is 0 Å². The molecule has 0 fully saturated rings.